The SMILES string of the molecule is CC(C)CC(C(=O)N[C@H](c1ncon1)C(C)(C)C)C(O)C(=O)NO. The molecule has 1 aromatic rings. The molecule has 0 bridgehead atoms. The zero-order chi connectivity index (χ0) is 18.5. The fourth-order valence-electron chi connectivity index (χ4n) is 2.36. The number of hydroxylamine groups is 1. The molecule has 3 atom stereocenters. The molecule has 1 aromatic heterocycles. The van der Waals surface area contributed by atoms with Gasteiger partial charge in [-0.1, -0.05) is 39.8 Å². The van der Waals surface area contributed by atoms with Gasteiger partial charge in [-0.3, -0.25) is 14.8 Å². The molecule has 0 saturated heterocycles. The molecule has 1 rings (SSSR count). The second-order valence-corrected chi connectivity index (χ2v) is 7.25. The molecule has 2 amide bonds. The summed E-state index contributed by atoms with van der Waals surface area (Å²) in [6.07, 6.45) is -0.230. The first-order valence-corrected chi connectivity index (χ1v) is 7.76. The van der Waals surface area contributed by atoms with Crippen molar-refractivity contribution in [1.82, 2.24) is 20.9 Å². The Balaban J connectivity index is 3.02. The van der Waals surface area contributed by atoms with Gasteiger partial charge in [0, 0.05) is 0 Å². The first-order chi connectivity index (χ1) is 11.1. The van der Waals surface area contributed by atoms with Crippen LogP contribution in [0.3, 0.4) is 0 Å². The molecule has 24 heavy (non-hydrogen) atoms. The second-order valence-electron chi connectivity index (χ2n) is 7.25. The van der Waals surface area contributed by atoms with Crippen LogP contribution >= 0.6 is 0 Å². The monoisotopic (exact) mass is 342 g/mol. The third-order valence-corrected chi connectivity index (χ3v) is 3.61. The van der Waals surface area contributed by atoms with E-state index in [0.717, 1.165) is 0 Å². The van der Waals surface area contributed by atoms with E-state index in [9.17, 15) is 14.7 Å². The highest BCUT2D eigenvalue weighted by atomic mass is 16.5. The summed E-state index contributed by atoms with van der Waals surface area (Å²) in [5, 5.41) is 25.3. The van der Waals surface area contributed by atoms with Gasteiger partial charge in [0.1, 0.15) is 6.10 Å². The van der Waals surface area contributed by atoms with Gasteiger partial charge in [-0.15, -0.1) is 0 Å². The first-order valence-electron chi connectivity index (χ1n) is 7.76. The van der Waals surface area contributed by atoms with E-state index >= 15 is 0 Å². The van der Waals surface area contributed by atoms with Crippen LogP contribution in [-0.2, 0) is 9.59 Å². The third-order valence-electron chi connectivity index (χ3n) is 3.61. The highest BCUT2D eigenvalue weighted by Crippen LogP contribution is 2.31. The summed E-state index contributed by atoms with van der Waals surface area (Å²) >= 11 is 0. The molecular formula is C15H26N4O5. The number of hydrogen-bond acceptors (Lipinski definition) is 7. The summed E-state index contributed by atoms with van der Waals surface area (Å²) in [7, 11) is 0. The van der Waals surface area contributed by atoms with E-state index in [2.05, 4.69) is 15.5 Å². The van der Waals surface area contributed by atoms with Gasteiger partial charge in [0.15, 0.2) is 5.82 Å². The molecule has 0 aliphatic rings. The number of aliphatic hydroxyl groups is 1. The van der Waals surface area contributed by atoms with Crippen molar-refractivity contribution in [3.05, 3.63) is 12.2 Å². The minimum absolute atomic E-state index is 0.0557. The Bertz CT molecular complexity index is 539. The number of carbonyl (C=O) groups excluding carboxylic acids is 2. The number of rotatable bonds is 7. The van der Waals surface area contributed by atoms with Crippen molar-refractivity contribution in [3.8, 4) is 0 Å². The number of aromatic nitrogens is 2. The van der Waals surface area contributed by atoms with Crippen LogP contribution in [0.1, 0.15) is 52.9 Å². The van der Waals surface area contributed by atoms with Crippen molar-refractivity contribution < 1.29 is 24.4 Å². The Morgan fingerprint density at radius 3 is 2.33 bits per heavy atom. The highest BCUT2D eigenvalue weighted by molar-refractivity contribution is 5.88. The van der Waals surface area contributed by atoms with Gasteiger partial charge in [0.05, 0.1) is 12.0 Å². The molecule has 0 radical (unpaired) electrons. The minimum Gasteiger partial charge on any atom is -0.382 e. The van der Waals surface area contributed by atoms with Gasteiger partial charge >= 0.3 is 0 Å². The average Bonchev–Trinajstić information content (AvgIpc) is 3.00. The van der Waals surface area contributed by atoms with Gasteiger partial charge in [-0.2, -0.15) is 4.98 Å². The van der Waals surface area contributed by atoms with E-state index < -0.39 is 35.3 Å². The smallest absolute Gasteiger partial charge is 0.272 e. The molecule has 9 nitrogen and oxygen atoms in total. The molecule has 0 aromatic carbocycles. The van der Waals surface area contributed by atoms with Crippen molar-refractivity contribution in [2.75, 3.05) is 0 Å². The predicted molar refractivity (Wildman–Crippen MR) is 83.5 cm³/mol. The van der Waals surface area contributed by atoms with Crippen LogP contribution in [0.15, 0.2) is 10.9 Å². The molecule has 1 heterocycles. The fraction of sp³-hybridized carbons (Fsp3) is 0.733. The average molecular weight is 342 g/mol. The van der Waals surface area contributed by atoms with Gasteiger partial charge in [0.2, 0.25) is 12.3 Å². The molecular weight excluding hydrogens is 316 g/mol. The Hall–Kier alpha value is -2.00. The highest BCUT2D eigenvalue weighted by Gasteiger charge is 2.37. The zero-order valence-electron chi connectivity index (χ0n) is 14.6. The molecule has 136 valence electrons. The van der Waals surface area contributed by atoms with Crippen molar-refractivity contribution in [1.29, 1.82) is 0 Å². The summed E-state index contributed by atoms with van der Waals surface area (Å²) in [4.78, 5) is 28.2. The van der Waals surface area contributed by atoms with Crippen LogP contribution in [-0.4, -0.2) is 38.4 Å². The van der Waals surface area contributed by atoms with Gasteiger partial charge in [-0.25, -0.2) is 5.48 Å². The molecule has 0 saturated carbocycles. The Morgan fingerprint density at radius 2 is 1.92 bits per heavy atom. The van der Waals surface area contributed by atoms with Crippen molar-refractivity contribution in [3.63, 3.8) is 0 Å². The van der Waals surface area contributed by atoms with Crippen molar-refractivity contribution >= 4 is 11.8 Å². The summed E-state index contributed by atoms with van der Waals surface area (Å²) in [6.45, 7) is 9.41. The van der Waals surface area contributed by atoms with Crippen LogP contribution in [0.25, 0.3) is 0 Å². The lowest BCUT2D eigenvalue weighted by Crippen LogP contribution is -2.48. The zero-order valence-corrected chi connectivity index (χ0v) is 14.6. The summed E-state index contributed by atoms with van der Waals surface area (Å²) in [5.74, 6) is -2.21. The van der Waals surface area contributed by atoms with Crippen LogP contribution < -0.4 is 10.8 Å². The number of aliphatic hydroxyl groups excluding tert-OH is 1. The minimum atomic E-state index is -1.66. The van der Waals surface area contributed by atoms with Crippen molar-refractivity contribution in [2.24, 2.45) is 17.3 Å². The standard InChI is InChI=1S/C15H26N4O5/c1-8(2)6-9(10(20)14(22)18-23)13(21)17-11(15(3,4)5)12-16-7-24-19-12/h7-11,20,23H,6H2,1-5H3,(H,17,21)(H,18,22)/t9?,10?,11-/m1/s1. The Labute approximate surface area is 140 Å². The molecule has 9 heteroatoms. The van der Waals surface area contributed by atoms with Gasteiger partial charge in [-0.05, 0) is 17.8 Å². The first kappa shape index (κ1) is 20.0. The maximum atomic E-state index is 12.7. The lowest BCUT2D eigenvalue weighted by molar-refractivity contribution is -0.147. The van der Waals surface area contributed by atoms with E-state index in [1.807, 2.05) is 34.6 Å². The normalized spacial score (nSPS) is 15.7. The second kappa shape index (κ2) is 8.20. The van der Waals surface area contributed by atoms with Crippen LogP contribution in [0.5, 0.6) is 0 Å². The van der Waals surface area contributed by atoms with E-state index in [-0.39, 0.29) is 12.3 Å². The summed E-state index contributed by atoms with van der Waals surface area (Å²) < 4.78 is 4.74. The molecule has 0 aliphatic heterocycles. The number of nitrogens with zero attached hydrogens (tertiary/aromatic N) is 2. The molecule has 4 N–H and O–H groups in total. The molecule has 0 aliphatic carbocycles. The molecule has 0 fully saturated rings. The maximum Gasteiger partial charge on any atom is 0.272 e. The number of nitrogens with one attached hydrogen (secondary N) is 2. The lowest BCUT2D eigenvalue weighted by Gasteiger charge is -2.31. The van der Waals surface area contributed by atoms with Gasteiger partial charge in [0.25, 0.3) is 5.91 Å². The van der Waals surface area contributed by atoms with Gasteiger partial charge < -0.3 is 14.9 Å². The summed E-state index contributed by atoms with van der Waals surface area (Å²) in [5.41, 5.74) is 0.951. The van der Waals surface area contributed by atoms with E-state index in [0.29, 0.717) is 5.82 Å². The fourth-order valence-corrected chi connectivity index (χ4v) is 2.36. The van der Waals surface area contributed by atoms with Crippen LogP contribution in [0.2, 0.25) is 0 Å². The Morgan fingerprint density at radius 1 is 1.29 bits per heavy atom. The number of amides is 2. The Kier molecular flexibility index (Phi) is 6.85. The topological polar surface area (TPSA) is 138 Å². The van der Waals surface area contributed by atoms with E-state index in [1.54, 1.807) is 0 Å². The van der Waals surface area contributed by atoms with Crippen LogP contribution in [0.4, 0.5) is 0 Å². The van der Waals surface area contributed by atoms with Crippen molar-refractivity contribution in [2.45, 2.75) is 53.2 Å². The maximum absolute atomic E-state index is 12.7. The van der Waals surface area contributed by atoms with E-state index in [4.69, 9.17) is 9.73 Å². The molecule has 0 spiro atoms. The quantitative estimate of drug-likeness (QED) is 0.425. The largest absolute Gasteiger partial charge is 0.382 e. The predicted octanol–water partition coefficient (Wildman–Crippen LogP) is 0.802. The number of carbonyl (C=O) groups is 2. The lowest BCUT2D eigenvalue weighted by atomic mass is 9.84. The van der Waals surface area contributed by atoms with E-state index in [1.165, 1.54) is 11.9 Å². The molecule has 2 unspecified atom stereocenters. The third kappa shape index (κ3) is 5.27. The number of hydrogen-bond donors (Lipinski definition) is 4. The summed E-state index contributed by atoms with van der Waals surface area (Å²) in [6, 6.07) is -0.567. The van der Waals surface area contributed by atoms with Crippen LogP contribution in [0, 0.1) is 17.3 Å².